The molecular formula is C14H8BrNO2S. The second-order valence-electron chi connectivity index (χ2n) is 3.66. The highest BCUT2D eigenvalue weighted by atomic mass is 79.9. The van der Waals surface area contributed by atoms with Gasteiger partial charge in [-0.1, -0.05) is 39.8 Å². The number of hydrogen-bond acceptors (Lipinski definition) is 3. The van der Waals surface area contributed by atoms with Crippen LogP contribution in [0.5, 0.6) is 0 Å². The average Bonchev–Trinajstić information content (AvgIpc) is 2.41. The van der Waals surface area contributed by atoms with E-state index in [9.17, 15) is 4.79 Å². The molecule has 2 rings (SSSR count). The number of nitrogens with zero attached hydrogens (tertiary/aromatic N) is 1. The molecule has 0 aliphatic heterocycles. The highest BCUT2D eigenvalue weighted by Gasteiger charge is 2.12. The molecule has 2 aromatic carbocycles. The maximum Gasteiger partial charge on any atom is 0.336 e. The Hall–Kier alpha value is -1.77. The predicted molar refractivity (Wildman–Crippen MR) is 76.4 cm³/mol. The SMILES string of the molecule is N#Cc1cc(Br)ccc1Sc1ccccc1C(=O)O. The van der Waals surface area contributed by atoms with E-state index in [1.54, 1.807) is 36.4 Å². The molecule has 0 spiro atoms. The van der Waals surface area contributed by atoms with Gasteiger partial charge in [-0.15, -0.1) is 0 Å². The van der Waals surface area contributed by atoms with Gasteiger partial charge in [0.2, 0.25) is 0 Å². The number of benzene rings is 2. The molecule has 3 nitrogen and oxygen atoms in total. The molecule has 5 heteroatoms. The summed E-state index contributed by atoms with van der Waals surface area (Å²) in [5.74, 6) is -0.973. The molecule has 0 saturated heterocycles. The second kappa shape index (κ2) is 5.91. The summed E-state index contributed by atoms with van der Waals surface area (Å²) in [7, 11) is 0. The molecular weight excluding hydrogens is 326 g/mol. The van der Waals surface area contributed by atoms with Gasteiger partial charge in [0, 0.05) is 14.3 Å². The summed E-state index contributed by atoms with van der Waals surface area (Å²) in [5.41, 5.74) is 0.749. The topological polar surface area (TPSA) is 61.1 Å². The van der Waals surface area contributed by atoms with Crippen LogP contribution in [0, 0.1) is 11.3 Å². The van der Waals surface area contributed by atoms with Crippen molar-refractivity contribution in [2.45, 2.75) is 9.79 Å². The van der Waals surface area contributed by atoms with Crippen molar-refractivity contribution in [3.63, 3.8) is 0 Å². The maximum atomic E-state index is 11.1. The Bertz CT molecular complexity index is 679. The van der Waals surface area contributed by atoms with Gasteiger partial charge in [-0.3, -0.25) is 0 Å². The van der Waals surface area contributed by atoms with Crippen LogP contribution in [0.1, 0.15) is 15.9 Å². The summed E-state index contributed by atoms with van der Waals surface area (Å²) >= 11 is 4.58. The fraction of sp³-hybridized carbons (Fsp3) is 0. The van der Waals surface area contributed by atoms with Crippen LogP contribution in [-0.2, 0) is 0 Å². The Morgan fingerprint density at radius 1 is 1.21 bits per heavy atom. The molecule has 0 aromatic heterocycles. The van der Waals surface area contributed by atoms with Crippen molar-refractivity contribution in [1.29, 1.82) is 5.26 Å². The Kier molecular flexibility index (Phi) is 4.25. The minimum Gasteiger partial charge on any atom is -0.478 e. The molecule has 94 valence electrons. The van der Waals surface area contributed by atoms with Gasteiger partial charge in [0.1, 0.15) is 6.07 Å². The van der Waals surface area contributed by atoms with E-state index in [1.165, 1.54) is 11.8 Å². The van der Waals surface area contributed by atoms with Crippen molar-refractivity contribution in [1.82, 2.24) is 0 Å². The summed E-state index contributed by atoms with van der Waals surface area (Å²) in [4.78, 5) is 12.5. The summed E-state index contributed by atoms with van der Waals surface area (Å²) in [6.07, 6.45) is 0. The lowest BCUT2D eigenvalue weighted by atomic mass is 10.2. The third kappa shape index (κ3) is 3.16. The first-order valence-corrected chi connectivity index (χ1v) is 6.92. The molecule has 19 heavy (non-hydrogen) atoms. The smallest absolute Gasteiger partial charge is 0.336 e. The maximum absolute atomic E-state index is 11.1. The van der Waals surface area contributed by atoms with Crippen molar-refractivity contribution >= 4 is 33.7 Å². The van der Waals surface area contributed by atoms with Gasteiger partial charge in [0.05, 0.1) is 11.1 Å². The molecule has 0 saturated carbocycles. The Labute approximate surface area is 123 Å². The standard InChI is InChI=1S/C14H8BrNO2S/c15-10-5-6-12(9(7-10)8-16)19-13-4-2-1-3-11(13)14(17)18/h1-7H,(H,17,18). The van der Waals surface area contributed by atoms with E-state index in [2.05, 4.69) is 22.0 Å². The summed E-state index contributed by atoms with van der Waals surface area (Å²) in [6.45, 7) is 0. The normalized spacial score (nSPS) is 9.89. The number of carboxylic acids is 1. The van der Waals surface area contributed by atoms with Crippen molar-refractivity contribution in [3.8, 4) is 6.07 Å². The number of carboxylic acid groups (broad SMARTS) is 1. The van der Waals surface area contributed by atoms with E-state index in [1.807, 2.05) is 6.07 Å². The quantitative estimate of drug-likeness (QED) is 0.915. The van der Waals surface area contributed by atoms with E-state index in [-0.39, 0.29) is 5.56 Å². The lowest BCUT2D eigenvalue weighted by molar-refractivity contribution is 0.0693. The molecule has 0 aliphatic carbocycles. The van der Waals surface area contributed by atoms with Gasteiger partial charge in [0.25, 0.3) is 0 Å². The molecule has 0 amide bonds. The zero-order valence-corrected chi connectivity index (χ0v) is 12.0. The van der Waals surface area contributed by atoms with Gasteiger partial charge in [0.15, 0.2) is 0 Å². The van der Waals surface area contributed by atoms with Crippen molar-refractivity contribution in [2.75, 3.05) is 0 Å². The number of carbonyl (C=O) groups is 1. The molecule has 0 atom stereocenters. The minimum atomic E-state index is -0.973. The first-order chi connectivity index (χ1) is 9.11. The Morgan fingerprint density at radius 3 is 2.63 bits per heavy atom. The van der Waals surface area contributed by atoms with Gasteiger partial charge < -0.3 is 5.11 Å². The number of halogens is 1. The lowest BCUT2D eigenvalue weighted by Crippen LogP contribution is -1.98. The first kappa shape index (κ1) is 13.7. The van der Waals surface area contributed by atoms with Crippen molar-refractivity contribution < 1.29 is 9.90 Å². The molecule has 0 bridgehead atoms. The van der Waals surface area contributed by atoms with Crippen LogP contribution in [0.3, 0.4) is 0 Å². The van der Waals surface area contributed by atoms with Gasteiger partial charge in [-0.2, -0.15) is 5.26 Å². The van der Waals surface area contributed by atoms with E-state index < -0.39 is 5.97 Å². The Morgan fingerprint density at radius 2 is 1.95 bits per heavy atom. The molecule has 1 N–H and O–H groups in total. The van der Waals surface area contributed by atoms with Crippen LogP contribution in [0.2, 0.25) is 0 Å². The fourth-order valence-electron chi connectivity index (χ4n) is 1.53. The van der Waals surface area contributed by atoms with Crippen LogP contribution in [-0.4, -0.2) is 11.1 Å². The first-order valence-electron chi connectivity index (χ1n) is 5.31. The van der Waals surface area contributed by atoms with Gasteiger partial charge in [-0.25, -0.2) is 4.79 Å². The lowest BCUT2D eigenvalue weighted by Gasteiger charge is -2.07. The molecule has 2 aromatic rings. The zero-order chi connectivity index (χ0) is 13.8. The molecule has 0 fully saturated rings. The van der Waals surface area contributed by atoms with Crippen LogP contribution in [0.25, 0.3) is 0 Å². The summed E-state index contributed by atoms with van der Waals surface area (Å²) < 4.78 is 0.819. The number of rotatable bonds is 3. The van der Waals surface area contributed by atoms with Gasteiger partial charge in [-0.05, 0) is 30.3 Å². The van der Waals surface area contributed by atoms with Gasteiger partial charge >= 0.3 is 5.97 Å². The fourth-order valence-corrected chi connectivity index (χ4v) is 2.89. The van der Waals surface area contributed by atoms with Crippen LogP contribution in [0.4, 0.5) is 0 Å². The largest absolute Gasteiger partial charge is 0.478 e. The molecule has 0 heterocycles. The number of nitriles is 1. The van der Waals surface area contributed by atoms with Crippen molar-refractivity contribution in [2.24, 2.45) is 0 Å². The number of aromatic carboxylic acids is 1. The molecule has 0 unspecified atom stereocenters. The minimum absolute atomic E-state index is 0.235. The van der Waals surface area contributed by atoms with Crippen LogP contribution >= 0.6 is 27.7 Å². The zero-order valence-electron chi connectivity index (χ0n) is 9.63. The van der Waals surface area contributed by atoms with Crippen LogP contribution < -0.4 is 0 Å². The summed E-state index contributed by atoms with van der Waals surface area (Å²) in [5, 5.41) is 18.2. The molecule has 0 radical (unpaired) electrons. The summed E-state index contributed by atoms with van der Waals surface area (Å²) in [6, 6.07) is 14.2. The Balaban J connectivity index is 2.43. The van der Waals surface area contributed by atoms with Crippen molar-refractivity contribution in [3.05, 3.63) is 58.1 Å². The van der Waals surface area contributed by atoms with E-state index in [0.717, 1.165) is 9.37 Å². The number of hydrogen-bond donors (Lipinski definition) is 1. The third-order valence-corrected chi connectivity index (χ3v) is 4.04. The van der Waals surface area contributed by atoms with E-state index in [4.69, 9.17) is 10.4 Å². The highest BCUT2D eigenvalue weighted by Crippen LogP contribution is 2.33. The third-order valence-electron chi connectivity index (χ3n) is 2.40. The monoisotopic (exact) mass is 333 g/mol. The van der Waals surface area contributed by atoms with E-state index >= 15 is 0 Å². The predicted octanol–water partition coefficient (Wildman–Crippen LogP) is 4.17. The second-order valence-corrected chi connectivity index (χ2v) is 5.66. The van der Waals surface area contributed by atoms with E-state index in [0.29, 0.717) is 10.5 Å². The highest BCUT2D eigenvalue weighted by molar-refractivity contribution is 9.10. The average molecular weight is 334 g/mol. The molecule has 0 aliphatic rings. The van der Waals surface area contributed by atoms with Crippen LogP contribution in [0.15, 0.2) is 56.7 Å².